The van der Waals surface area contributed by atoms with Crippen LogP contribution in [0.5, 0.6) is 0 Å². The molecule has 4 heteroatoms. The minimum atomic E-state index is -0.890. The van der Waals surface area contributed by atoms with Crippen LogP contribution in [0.2, 0.25) is 0 Å². The standard InChI is InChI=1S/C10H14N2O2/c1-2-9(10(13)14)12-5-3-4-8(6-11)7-12/h2,8-9H,1,3-5,7H2,(H,13,14). The summed E-state index contributed by atoms with van der Waals surface area (Å²) in [5, 5.41) is 17.6. The van der Waals surface area contributed by atoms with Gasteiger partial charge in [0.05, 0.1) is 12.0 Å². The van der Waals surface area contributed by atoms with Crippen molar-refractivity contribution in [2.24, 2.45) is 5.92 Å². The Kier molecular flexibility index (Phi) is 3.66. The van der Waals surface area contributed by atoms with Crippen LogP contribution in [0.3, 0.4) is 0 Å². The van der Waals surface area contributed by atoms with Gasteiger partial charge in [-0.1, -0.05) is 6.08 Å². The van der Waals surface area contributed by atoms with E-state index in [1.165, 1.54) is 6.08 Å². The largest absolute Gasteiger partial charge is 0.480 e. The summed E-state index contributed by atoms with van der Waals surface area (Å²) >= 11 is 0. The van der Waals surface area contributed by atoms with Gasteiger partial charge in [-0.05, 0) is 19.4 Å². The molecular formula is C10H14N2O2. The third kappa shape index (κ3) is 2.33. The lowest BCUT2D eigenvalue weighted by atomic mass is 9.98. The molecule has 1 aliphatic rings. The van der Waals surface area contributed by atoms with E-state index < -0.39 is 12.0 Å². The Morgan fingerprint density at radius 1 is 1.79 bits per heavy atom. The number of rotatable bonds is 3. The summed E-state index contributed by atoms with van der Waals surface area (Å²) in [5.41, 5.74) is 0. The normalized spacial score (nSPS) is 24.9. The number of hydrogen-bond donors (Lipinski definition) is 1. The Labute approximate surface area is 83.4 Å². The number of carbonyl (C=O) groups is 1. The zero-order valence-corrected chi connectivity index (χ0v) is 8.02. The summed E-state index contributed by atoms with van der Waals surface area (Å²) < 4.78 is 0. The number of carboxylic acid groups (broad SMARTS) is 1. The van der Waals surface area contributed by atoms with E-state index in [-0.39, 0.29) is 5.92 Å². The molecular weight excluding hydrogens is 180 g/mol. The van der Waals surface area contributed by atoms with Crippen LogP contribution in [0.4, 0.5) is 0 Å². The van der Waals surface area contributed by atoms with Crippen molar-refractivity contribution in [2.75, 3.05) is 13.1 Å². The van der Waals surface area contributed by atoms with Gasteiger partial charge < -0.3 is 5.11 Å². The number of piperidine rings is 1. The van der Waals surface area contributed by atoms with Gasteiger partial charge in [0.25, 0.3) is 0 Å². The highest BCUT2D eigenvalue weighted by Crippen LogP contribution is 2.18. The summed E-state index contributed by atoms with van der Waals surface area (Å²) in [4.78, 5) is 12.6. The summed E-state index contributed by atoms with van der Waals surface area (Å²) in [6.45, 7) is 4.78. The average molecular weight is 194 g/mol. The van der Waals surface area contributed by atoms with Crippen molar-refractivity contribution in [3.8, 4) is 6.07 Å². The molecule has 76 valence electrons. The molecule has 0 radical (unpaired) electrons. The molecule has 0 saturated carbocycles. The van der Waals surface area contributed by atoms with Gasteiger partial charge in [-0.3, -0.25) is 9.69 Å². The fourth-order valence-corrected chi connectivity index (χ4v) is 1.77. The lowest BCUT2D eigenvalue weighted by Gasteiger charge is -2.32. The minimum Gasteiger partial charge on any atom is -0.480 e. The Bertz CT molecular complexity index is 270. The molecule has 2 atom stereocenters. The highest BCUT2D eigenvalue weighted by atomic mass is 16.4. The fraction of sp³-hybridized carbons (Fsp3) is 0.600. The topological polar surface area (TPSA) is 64.3 Å². The van der Waals surface area contributed by atoms with Crippen LogP contribution in [-0.4, -0.2) is 35.1 Å². The third-order valence-electron chi connectivity index (χ3n) is 2.51. The van der Waals surface area contributed by atoms with Gasteiger partial charge in [0.15, 0.2) is 0 Å². The van der Waals surface area contributed by atoms with Gasteiger partial charge in [0, 0.05) is 6.54 Å². The summed E-state index contributed by atoms with van der Waals surface area (Å²) in [5.74, 6) is -0.927. The Hall–Kier alpha value is -1.34. The monoisotopic (exact) mass is 194 g/mol. The zero-order chi connectivity index (χ0) is 10.6. The summed E-state index contributed by atoms with van der Waals surface area (Å²) in [6.07, 6.45) is 3.18. The number of carboxylic acids is 1. The van der Waals surface area contributed by atoms with Crippen molar-refractivity contribution in [2.45, 2.75) is 18.9 Å². The van der Waals surface area contributed by atoms with Crippen LogP contribution in [0.15, 0.2) is 12.7 Å². The number of aliphatic carboxylic acids is 1. The molecule has 0 aromatic carbocycles. The van der Waals surface area contributed by atoms with Gasteiger partial charge in [-0.15, -0.1) is 6.58 Å². The molecule has 14 heavy (non-hydrogen) atoms. The number of nitrogens with zero attached hydrogens (tertiary/aromatic N) is 2. The van der Waals surface area contributed by atoms with Crippen LogP contribution >= 0.6 is 0 Å². The maximum Gasteiger partial charge on any atom is 0.324 e. The molecule has 0 aromatic rings. The molecule has 1 fully saturated rings. The van der Waals surface area contributed by atoms with E-state index >= 15 is 0 Å². The van der Waals surface area contributed by atoms with Gasteiger partial charge >= 0.3 is 5.97 Å². The van der Waals surface area contributed by atoms with Crippen molar-refractivity contribution >= 4 is 5.97 Å². The summed E-state index contributed by atoms with van der Waals surface area (Å²) in [7, 11) is 0. The highest BCUT2D eigenvalue weighted by Gasteiger charge is 2.27. The first-order chi connectivity index (χ1) is 6.69. The van der Waals surface area contributed by atoms with Crippen LogP contribution in [0.25, 0.3) is 0 Å². The summed E-state index contributed by atoms with van der Waals surface area (Å²) in [6, 6.07) is 1.54. The second-order valence-electron chi connectivity index (χ2n) is 3.48. The van der Waals surface area contributed by atoms with E-state index in [1.807, 2.05) is 0 Å². The van der Waals surface area contributed by atoms with Crippen LogP contribution in [0.1, 0.15) is 12.8 Å². The van der Waals surface area contributed by atoms with Gasteiger partial charge in [-0.2, -0.15) is 5.26 Å². The number of likely N-dealkylation sites (tertiary alicyclic amines) is 1. The van der Waals surface area contributed by atoms with E-state index in [2.05, 4.69) is 12.6 Å². The molecule has 0 spiro atoms. The molecule has 1 N–H and O–H groups in total. The molecule has 1 rings (SSSR count). The maximum atomic E-state index is 10.8. The third-order valence-corrected chi connectivity index (χ3v) is 2.51. The van der Waals surface area contributed by atoms with Gasteiger partial charge in [-0.25, -0.2) is 0 Å². The predicted octanol–water partition coefficient (Wildman–Crippen LogP) is 0.861. The number of hydrogen-bond acceptors (Lipinski definition) is 3. The van der Waals surface area contributed by atoms with Crippen molar-refractivity contribution in [3.63, 3.8) is 0 Å². The first-order valence-corrected chi connectivity index (χ1v) is 4.68. The van der Waals surface area contributed by atoms with E-state index in [1.54, 1.807) is 4.90 Å². The lowest BCUT2D eigenvalue weighted by Crippen LogP contribution is -2.45. The second-order valence-corrected chi connectivity index (χ2v) is 3.48. The Morgan fingerprint density at radius 3 is 3.00 bits per heavy atom. The molecule has 0 aliphatic carbocycles. The molecule has 2 unspecified atom stereocenters. The van der Waals surface area contributed by atoms with Crippen LogP contribution in [-0.2, 0) is 4.79 Å². The van der Waals surface area contributed by atoms with Crippen molar-refractivity contribution in [1.82, 2.24) is 4.90 Å². The molecule has 4 nitrogen and oxygen atoms in total. The lowest BCUT2D eigenvalue weighted by molar-refractivity contribution is -0.141. The van der Waals surface area contributed by atoms with Crippen LogP contribution in [0, 0.1) is 17.2 Å². The van der Waals surface area contributed by atoms with Gasteiger partial charge in [0.1, 0.15) is 6.04 Å². The zero-order valence-electron chi connectivity index (χ0n) is 8.02. The number of nitriles is 1. The quantitative estimate of drug-likeness (QED) is 0.677. The molecule has 1 aliphatic heterocycles. The van der Waals surface area contributed by atoms with Gasteiger partial charge in [0.2, 0.25) is 0 Å². The Morgan fingerprint density at radius 2 is 2.50 bits per heavy atom. The van der Waals surface area contributed by atoms with E-state index in [4.69, 9.17) is 10.4 Å². The predicted molar refractivity (Wildman–Crippen MR) is 51.5 cm³/mol. The van der Waals surface area contributed by atoms with E-state index in [0.717, 1.165) is 19.4 Å². The second kappa shape index (κ2) is 4.77. The van der Waals surface area contributed by atoms with Crippen molar-refractivity contribution in [1.29, 1.82) is 5.26 Å². The highest BCUT2D eigenvalue weighted by molar-refractivity contribution is 5.75. The molecule has 1 heterocycles. The molecule has 0 amide bonds. The molecule has 0 aromatic heterocycles. The first-order valence-electron chi connectivity index (χ1n) is 4.68. The smallest absolute Gasteiger partial charge is 0.324 e. The van der Waals surface area contributed by atoms with Crippen molar-refractivity contribution < 1.29 is 9.90 Å². The van der Waals surface area contributed by atoms with E-state index in [0.29, 0.717) is 6.54 Å². The average Bonchev–Trinajstić information content (AvgIpc) is 2.19. The first kappa shape index (κ1) is 10.7. The van der Waals surface area contributed by atoms with Crippen molar-refractivity contribution in [3.05, 3.63) is 12.7 Å². The maximum absolute atomic E-state index is 10.8. The van der Waals surface area contributed by atoms with E-state index in [9.17, 15) is 4.79 Å². The van der Waals surface area contributed by atoms with Crippen LogP contribution < -0.4 is 0 Å². The molecule has 0 bridgehead atoms. The Balaban J connectivity index is 2.63. The molecule has 1 saturated heterocycles. The minimum absolute atomic E-state index is 0.0365. The SMILES string of the molecule is C=CC(C(=O)O)N1CCCC(C#N)C1. The fourth-order valence-electron chi connectivity index (χ4n) is 1.77.